The summed E-state index contributed by atoms with van der Waals surface area (Å²) in [6.07, 6.45) is 3.30. The minimum atomic E-state index is -3.79. The van der Waals surface area contributed by atoms with Gasteiger partial charge in [0.05, 0.1) is 6.04 Å². The fraction of sp³-hybridized carbons (Fsp3) is 0.333. The molecule has 1 N–H and O–H groups in total. The van der Waals surface area contributed by atoms with Crippen molar-refractivity contribution in [2.24, 2.45) is 0 Å². The predicted molar refractivity (Wildman–Crippen MR) is 121 cm³/mol. The Labute approximate surface area is 196 Å². The molecule has 10 heteroatoms. The van der Waals surface area contributed by atoms with Crippen LogP contribution in [0.4, 0.5) is 8.78 Å². The van der Waals surface area contributed by atoms with Crippen LogP contribution in [0, 0.1) is 11.6 Å². The van der Waals surface area contributed by atoms with Crippen molar-refractivity contribution >= 4 is 15.9 Å². The number of halogens is 2. The lowest BCUT2D eigenvalue weighted by Gasteiger charge is -2.37. The van der Waals surface area contributed by atoms with Crippen molar-refractivity contribution < 1.29 is 26.4 Å². The molecule has 1 amide bonds. The Hall–Kier alpha value is -3.11. The van der Waals surface area contributed by atoms with Crippen molar-refractivity contribution in [2.75, 3.05) is 0 Å². The van der Waals surface area contributed by atoms with E-state index in [9.17, 15) is 17.6 Å². The van der Waals surface area contributed by atoms with Crippen LogP contribution in [0.5, 0.6) is 0 Å². The van der Waals surface area contributed by atoms with Gasteiger partial charge in [-0.2, -0.15) is 4.31 Å². The number of nitrogens with one attached hydrogen (secondary N) is 1. The second-order valence-electron chi connectivity index (χ2n) is 8.45. The van der Waals surface area contributed by atoms with Crippen molar-refractivity contribution in [2.45, 2.75) is 50.6 Å². The van der Waals surface area contributed by atoms with E-state index in [1.54, 1.807) is 31.2 Å². The van der Waals surface area contributed by atoms with Crippen LogP contribution in [0.3, 0.4) is 0 Å². The van der Waals surface area contributed by atoms with Crippen molar-refractivity contribution in [3.05, 3.63) is 89.1 Å². The first kappa shape index (κ1) is 24.0. The summed E-state index contributed by atoms with van der Waals surface area (Å²) in [7, 11) is -3.79. The summed E-state index contributed by atoms with van der Waals surface area (Å²) in [5.41, 5.74) is 0.565. The monoisotopic (exact) mass is 489 g/mol. The molecule has 4 rings (SSSR count). The van der Waals surface area contributed by atoms with Crippen LogP contribution in [0.2, 0.25) is 0 Å². The lowest BCUT2D eigenvalue weighted by atomic mass is 10.0. The number of carbonyl (C=O) groups excluding carboxylic acids is 1. The van der Waals surface area contributed by atoms with E-state index in [2.05, 4.69) is 10.3 Å². The third-order valence-electron chi connectivity index (χ3n) is 6.17. The molecule has 2 heterocycles. The van der Waals surface area contributed by atoms with Gasteiger partial charge in [-0.3, -0.25) is 4.79 Å². The number of amides is 1. The maximum Gasteiger partial charge on any atom is 0.273 e. The first-order valence-electron chi connectivity index (χ1n) is 10.9. The van der Waals surface area contributed by atoms with E-state index in [4.69, 9.17) is 4.42 Å². The summed E-state index contributed by atoms with van der Waals surface area (Å²) in [4.78, 5) is 15.9. The molecule has 34 heavy (non-hydrogen) atoms. The molecule has 7 nitrogen and oxygen atoms in total. The van der Waals surface area contributed by atoms with Crippen LogP contribution >= 0.6 is 0 Å². The summed E-state index contributed by atoms with van der Waals surface area (Å²) in [6.45, 7) is 3.00. The summed E-state index contributed by atoms with van der Waals surface area (Å²) in [5.74, 6) is -2.08. The van der Waals surface area contributed by atoms with Crippen LogP contribution in [0.1, 0.15) is 65.2 Å². The van der Waals surface area contributed by atoms with Gasteiger partial charge in [0.15, 0.2) is 12.1 Å². The molecule has 0 bridgehead atoms. The number of oxazole rings is 1. The van der Waals surface area contributed by atoms with Crippen LogP contribution in [0.25, 0.3) is 0 Å². The van der Waals surface area contributed by atoms with Crippen LogP contribution in [-0.4, -0.2) is 29.7 Å². The summed E-state index contributed by atoms with van der Waals surface area (Å²) in [6, 6.07) is 9.69. The third-order valence-corrected chi connectivity index (χ3v) is 8.54. The number of hydrogen-bond acceptors (Lipinski definition) is 5. The van der Waals surface area contributed by atoms with Gasteiger partial charge in [0.1, 0.15) is 23.1 Å². The highest BCUT2D eigenvalue weighted by atomic mass is 32.2. The fourth-order valence-corrected chi connectivity index (χ4v) is 6.44. The van der Waals surface area contributed by atoms with Crippen molar-refractivity contribution in [3.63, 3.8) is 0 Å². The normalized spacial score (nSPS) is 21.2. The Morgan fingerprint density at radius 2 is 1.94 bits per heavy atom. The van der Waals surface area contributed by atoms with Crippen molar-refractivity contribution in [1.29, 1.82) is 0 Å². The predicted octanol–water partition coefficient (Wildman–Crippen LogP) is 4.50. The Bertz CT molecular complexity index is 1270. The maximum atomic E-state index is 15.0. The maximum absolute atomic E-state index is 15.0. The lowest BCUT2D eigenvalue weighted by molar-refractivity contribution is 0.0934. The minimum absolute atomic E-state index is 0.0154. The molecule has 0 spiro atoms. The molecule has 3 atom stereocenters. The quantitative estimate of drug-likeness (QED) is 0.551. The van der Waals surface area contributed by atoms with E-state index in [-0.39, 0.29) is 29.4 Å². The molecular formula is C24H25F2N3O4S. The largest absolute Gasteiger partial charge is 0.451 e. The average Bonchev–Trinajstić information content (AvgIpc) is 3.34. The molecule has 1 aromatic heterocycles. The molecule has 0 radical (unpaired) electrons. The Morgan fingerprint density at radius 3 is 2.62 bits per heavy atom. The van der Waals surface area contributed by atoms with Gasteiger partial charge in [-0.15, -0.1) is 0 Å². The SMILES string of the molecule is CC(NC(=O)c1cocn1)c1cc(F)c(CN2[C@@H](C)CC[C@H](c3ccccc3)S2(=O)=O)cc1F. The van der Waals surface area contributed by atoms with E-state index < -0.39 is 38.9 Å². The zero-order valence-electron chi connectivity index (χ0n) is 18.7. The Kier molecular flexibility index (Phi) is 6.81. The smallest absolute Gasteiger partial charge is 0.273 e. The van der Waals surface area contributed by atoms with Crippen molar-refractivity contribution in [3.8, 4) is 0 Å². The zero-order valence-corrected chi connectivity index (χ0v) is 19.6. The third kappa shape index (κ3) is 4.74. The Balaban J connectivity index is 1.56. The highest BCUT2D eigenvalue weighted by molar-refractivity contribution is 7.89. The molecular weight excluding hydrogens is 464 g/mol. The second kappa shape index (κ2) is 9.63. The first-order chi connectivity index (χ1) is 16.2. The van der Waals surface area contributed by atoms with E-state index in [0.717, 1.165) is 24.8 Å². The molecule has 3 aromatic rings. The fourth-order valence-electron chi connectivity index (χ4n) is 4.25. The number of hydrogen-bond donors (Lipinski definition) is 1. The van der Waals surface area contributed by atoms with Gasteiger partial charge in [-0.05, 0) is 44.4 Å². The lowest BCUT2D eigenvalue weighted by Crippen LogP contribution is -2.44. The van der Waals surface area contributed by atoms with Crippen LogP contribution in [-0.2, 0) is 16.6 Å². The summed E-state index contributed by atoms with van der Waals surface area (Å²) < 4.78 is 62.7. The molecule has 2 aromatic carbocycles. The Morgan fingerprint density at radius 1 is 1.21 bits per heavy atom. The van der Waals surface area contributed by atoms with Gasteiger partial charge in [-0.1, -0.05) is 30.3 Å². The molecule has 1 aliphatic heterocycles. The molecule has 1 fully saturated rings. The van der Waals surface area contributed by atoms with Gasteiger partial charge < -0.3 is 9.73 Å². The number of sulfonamides is 1. The average molecular weight is 490 g/mol. The number of nitrogens with zero attached hydrogens (tertiary/aromatic N) is 2. The topological polar surface area (TPSA) is 92.5 Å². The van der Waals surface area contributed by atoms with E-state index >= 15 is 4.39 Å². The van der Waals surface area contributed by atoms with Crippen LogP contribution < -0.4 is 5.32 Å². The van der Waals surface area contributed by atoms with Gasteiger partial charge in [0.2, 0.25) is 10.0 Å². The second-order valence-corrected chi connectivity index (χ2v) is 10.5. The zero-order chi connectivity index (χ0) is 24.5. The molecule has 1 unspecified atom stereocenters. The van der Waals surface area contributed by atoms with E-state index in [0.29, 0.717) is 18.4 Å². The van der Waals surface area contributed by atoms with E-state index in [1.165, 1.54) is 11.2 Å². The van der Waals surface area contributed by atoms with Gasteiger partial charge in [0.25, 0.3) is 5.91 Å². The van der Waals surface area contributed by atoms with Crippen LogP contribution in [0.15, 0.2) is 59.5 Å². The number of rotatable bonds is 6. The standard InChI is InChI=1S/C24H25F2N3O4S/c1-15-8-9-23(17-6-4-3-5-7-17)34(31,32)29(15)12-18-10-21(26)19(11-20(18)25)16(2)28-24(30)22-13-33-14-27-22/h3-7,10-11,13-16,23H,8-9,12H2,1-2H3,(H,28,30)/t15-,16?,23+/m0/s1. The number of aromatic nitrogens is 1. The highest BCUT2D eigenvalue weighted by Crippen LogP contribution is 2.38. The number of benzene rings is 2. The molecule has 0 aliphatic carbocycles. The summed E-state index contributed by atoms with van der Waals surface area (Å²) in [5, 5.41) is 1.80. The number of carbonyl (C=O) groups is 1. The van der Waals surface area contributed by atoms with Gasteiger partial charge >= 0.3 is 0 Å². The van der Waals surface area contributed by atoms with Gasteiger partial charge in [-0.25, -0.2) is 22.2 Å². The highest BCUT2D eigenvalue weighted by Gasteiger charge is 2.40. The first-order valence-corrected chi connectivity index (χ1v) is 12.4. The molecule has 1 aliphatic rings. The molecule has 1 saturated heterocycles. The summed E-state index contributed by atoms with van der Waals surface area (Å²) >= 11 is 0. The van der Waals surface area contributed by atoms with Crippen molar-refractivity contribution in [1.82, 2.24) is 14.6 Å². The molecule has 0 saturated carbocycles. The van der Waals surface area contributed by atoms with Gasteiger partial charge in [0, 0.05) is 23.7 Å². The minimum Gasteiger partial charge on any atom is -0.451 e. The molecule has 180 valence electrons. The van der Waals surface area contributed by atoms with E-state index in [1.807, 2.05) is 6.07 Å².